The van der Waals surface area contributed by atoms with Crippen LogP contribution in [0.1, 0.15) is 11.3 Å². The molecule has 0 aliphatic carbocycles. The van der Waals surface area contributed by atoms with Crippen LogP contribution in [0.5, 0.6) is 0 Å². The Morgan fingerprint density at radius 3 is 3.00 bits per heavy atom. The zero-order chi connectivity index (χ0) is 11.8. The van der Waals surface area contributed by atoms with Crippen LogP contribution < -0.4 is 5.73 Å². The lowest BCUT2D eigenvalue weighted by molar-refractivity contribution is 0.427. The first-order valence-electron chi connectivity index (χ1n) is 5.53. The summed E-state index contributed by atoms with van der Waals surface area (Å²) in [5.74, 6) is 0.766. The molecule has 0 fully saturated rings. The summed E-state index contributed by atoms with van der Waals surface area (Å²) in [6.45, 7) is 2.34. The lowest BCUT2D eigenvalue weighted by Crippen LogP contribution is -1.98. The predicted octanol–water partition coefficient (Wildman–Crippen LogP) is 2.59. The molecule has 0 aliphatic rings. The van der Waals surface area contributed by atoms with Crippen LogP contribution >= 0.6 is 0 Å². The Labute approximate surface area is 98.4 Å². The maximum atomic E-state index is 5.74. The lowest BCUT2D eigenvalue weighted by Gasteiger charge is -1.97. The summed E-state index contributed by atoms with van der Waals surface area (Å²) >= 11 is 0. The highest BCUT2D eigenvalue weighted by Gasteiger charge is 2.16. The van der Waals surface area contributed by atoms with E-state index in [4.69, 9.17) is 10.3 Å². The standard InChI is InChI=1S/C13H13N3O/c1-8-10(6-14)13(17-16-8)11-7-15-12-5-3-2-4-9(11)12/h2-5,7,15H,6,14H2,1H3. The molecule has 86 valence electrons. The minimum atomic E-state index is 0.435. The Kier molecular flexibility index (Phi) is 2.23. The van der Waals surface area contributed by atoms with Gasteiger partial charge in [0.1, 0.15) is 0 Å². The average molecular weight is 227 g/mol. The average Bonchev–Trinajstić information content (AvgIpc) is 2.92. The van der Waals surface area contributed by atoms with E-state index >= 15 is 0 Å². The van der Waals surface area contributed by atoms with E-state index < -0.39 is 0 Å². The number of rotatable bonds is 2. The van der Waals surface area contributed by atoms with E-state index in [1.807, 2.05) is 31.3 Å². The highest BCUT2D eigenvalue weighted by atomic mass is 16.5. The molecule has 0 saturated carbocycles. The molecule has 0 atom stereocenters. The molecular formula is C13H13N3O. The number of fused-ring (bicyclic) bond motifs is 1. The normalized spacial score (nSPS) is 11.2. The van der Waals surface area contributed by atoms with E-state index in [1.54, 1.807) is 0 Å². The summed E-state index contributed by atoms with van der Waals surface area (Å²) in [5.41, 5.74) is 9.66. The number of benzene rings is 1. The summed E-state index contributed by atoms with van der Waals surface area (Å²) in [7, 11) is 0. The molecule has 3 rings (SSSR count). The van der Waals surface area contributed by atoms with Gasteiger partial charge >= 0.3 is 0 Å². The molecule has 3 aromatic rings. The van der Waals surface area contributed by atoms with Crippen LogP contribution in [0.15, 0.2) is 35.0 Å². The second-order valence-corrected chi connectivity index (χ2v) is 4.03. The second kappa shape index (κ2) is 3.75. The van der Waals surface area contributed by atoms with Gasteiger partial charge in [0.2, 0.25) is 0 Å². The van der Waals surface area contributed by atoms with Gasteiger partial charge in [-0.2, -0.15) is 0 Å². The van der Waals surface area contributed by atoms with Crippen molar-refractivity contribution in [3.05, 3.63) is 41.7 Å². The Morgan fingerprint density at radius 2 is 2.18 bits per heavy atom. The minimum Gasteiger partial charge on any atom is -0.360 e. The van der Waals surface area contributed by atoms with Crippen molar-refractivity contribution in [2.24, 2.45) is 5.73 Å². The van der Waals surface area contributed by atoms with E-state index in [1.165, 1.54) is 0 Å². The monoisotopic (exact) mass is 227 g/mol. The highest BCUT2D eigenvalue weighted by Crippen LogP contribution is 2.31. The van der Waals surface area contributed by atoms with Gasteiger partial charge in [0, 0.05) is 34.8 Å². The molecule has 3 N–H and O–H groups in total. The first-order valence-corrected chi connectivity index (χ1v) is 5.53. The van der Waals surface area contributed by atoms with Crippen molar-refractivity contribution in [1.29, 1.82) is 0 Å². The fourth-order valence-corrected chi connectivity index (χ4v) is 2.10. The summed E-state index contributed by atoms with van der Waals surface area (Å²) in [6, 6.07) is 8.09. The van der Waals surface area contributed by atoms with Crippen molar-refractivity contribution < 1.29 is 4.52 Å². The van der Waals surface area contributed by atoms with E-state index in [0.717, 1.165) is 33.5 Å². The highest BCUT2D eigenvalue weighted by molar-refractivity contribution is 5.94. The fourth-order valence-electron chi connectivity index (χ4n) is 2.10. The van der Waals surface area contributed by atoms with Gasteiger partial charge in [-0.15, -0.1) is 0 Å². The molecule has 0 saturated heterocycles. The third-order valence-corrected chi connectivity index (χ3v) is 3.02. The maximum absolute atomic E-state index is 5.74. The topological polar surface area (TPSA) is 67.8 Å². The molecule has 4 heteroatoms. The summed E-state index contributed by atoms with van der Waals surface area (Å²) in [6.07, 6.45) is 1.93. The molecule has 2 heterocycles. The van der Waals surface area contributed by atoms with Crippen LogP contribution in [0, 0.1) is 6.92 Å². The van der Waals surface area contributed by atoms with E-state index in [-0.39, 0.29) is 0 Å². The van der Waals surface area contributed by atoms with Crippen molar-refractivity contribution >= 4 is 10.9 Å². The number of aryl methyl sites for hydroxylation is 1. The van der Waals surface area contributed by atoms with Crippen LogP contribution in [0.2, 0.25) is 0 Å². The van der Waals surface area contributed by atoms with Crippen LogP contribution in [0.25, 0.3) is 22.2 Å². The molecule has 0 spiro atoms. The quantitative estimate of drug-likeness (QED) is 0.707. The summed E-state index contributed by atoms with van der Waals surface area (Å²) < 4.78 is 5.39. The van der Waals surface area contributed by atoms with Crippen molar-refractivity contribution in [3.8, 4) is 11.3 Å². The molecule has 0 unspecified atom stereocenters. The molecule has 4 nitrogen and oxygen atoms in total. The number of nitrogens with zero attached hydrogens (tertiary/aromatic N) is 1. The molecule has 2 aromatic heterocycles. The Hall–Kier alpha value is -2.07. The number of nitrogens with one attached hydrogen (secondary N) is 1. The number of nitrogens with two attached hydrogens (primary N) is 1. The first-order chi connectivity index (χ1) is 8.31. The van der Waals surface area contributed by atoms with Gasteiger partial charge in [-0.05, 0) is 13.0 Å². The van der Waals surface area contributed by atoms with Gasteiger partial charge in [0.05, 0.1) is 5.69 Å². The van der Waals surface area contributed by atoms with Gasteiger partial charge in [-0.25, -0.2) is 0 Å². The van der Waals surface area contributed by atoms with Crippen LogP contribution in [-0.4, -0.2) is 10.1 Å². The molecular weight excluding hydrogens is 214 g/mol. The van der Waals surface area contributed by atoms with Gasteiger partial charge in [0.25, 0.3) is 0 Å². The third-order valence-electron chi connectivity index (χ3n) is 3.02. The van der Waals surface area contributed by atoms with Crippen LogP contribution in [0.4, 0.5) is 0 Å². The van der Waals surface area contributed by atoms with Crippen LogP contribution in [0.3, 0.4) is 0 Å². The van der Waals surface area contributed by atoms with E-state index in [2.05, 4.69) is 16.2 Å². The minimum absolute atomic E-state index is 0.435. The Bertz CT molecular complexity index is 666. The van der Waals surface area contributed by atoms with E-state index in [0.29, 0.717) is 6.54 Å². The van der Waals surface area contributed by atoms with Crippen molar-refractivity contribution in [2.75, 3.05) is 0 Å². The van der Waals surface area contributed by atoms with Crippen molar-refractivity contribution in [2.45, 2.75) is 13.5 Å². The Morgan fingerprint density at radius 1 is 1.35 bits per heavy atom. The molecule has 17 heavy (non-hydrogen) atoms. The molecule has 0 amide bonds. The van der Waals surface area contributed by atoms with Gasteiger partial charge in [-0.3, -0.25) is 0 Å². The zero-order valence-corrected chi connectivity index (χ0v) is 9.53. The molecule has 1 aromatic carbocycles. The lowest BCUT2D eigenvalue weighted by atomic mass is 10.1. The number of hydrogen-bond acceptors (Lipinski definition) is 3. The number of H-pyrrole nitrogens is 1. The molecule has 0 bridgehead atoms. The number of aromatic amines is 1. The maximum Gasteiger partial charge on any atom is 0.173 e. The first kappa shape index (κ1) is 10.1. The predicted molar refractivity (Wildman–Crippen MR) is 66.4 cm³/mol. The molecule has 0 aliphatic heterocycles. The SMILES string of the molecule is Cc1noc(-c2c[nH]c3ccccc23)c1CN. The largest absolute Gasteiger partial charge is 0.360 e. The second-order valence-electron chi connectivity index (χ2n) is 4.03. The fraction of sp³-hybridized carbons (Fsp3) is 0.154. The van der Waals surface area contributed by atoms with Crippen molar-refractivity contribution in [3.63, 3.8) is 0 Å². The van der Waals surface area contributed by atoms with Gasteiger partial charge < -0.3 is 15.2 Å². The summed E-state index contributed by atoms with van der Waals surface area (Å²) in [4.78, 5) is 3.22. The van der Waals surface area contributed by atoms with Gasteiger partial charge in [-0.1, -0.05) is 23.4 Å². The van der Waals surface area contributed by atoms with Crippen LogP contribution in [-0.2, 0) is 6.54 Å². The number of hydrogen-bond donors (Lipinski definition) is 2. The molecule has 0 radical (unpaired) electrons. The van der Waals surface area contributed by atoms with Crippen molar-refractivity contribution in [1.82, 2.24) is 10.1 Å². The van der Waals surface area contributed by atoms with E-state index in [9.17, 15) is 0 Å². The van der Waals surface area contributed by atoms with Gasteiger partial charge in [0.15, 0.2) is 5.76 Å². The third kappa shape index (κ3) is 1.45. The number of para-hydroxylation sites is 1. The smallest absolute Gasteiger partial charge is 0.173 e. The Balaban J connectivity index is 2.27. The zero-order valence-electron chi connectivity index (χ0n) is 9.53. The number of aromatic nitrogens is 2. The summed E-state index contributed by atoms with van der Waals surface area (Å²) in [5, 5.41) is 5.10.